The third-order valence-electron chi connectivity index (χ3n) is 6.33. The number of nitrogen functional groups attached to an aromatic ring is 2. The predicted molar refractivity (Wildman–Crippen MR) is 187 cm³/mol. The highest BCUT2D eigenvalue weighted by Gasteiger charge is 2.29. The zero-order valence-electron chi connectivity index (χ0n) is 30.3. The number of hydrogen-bond donors (Lipinski definition) is 4. The molecule has 0 aliphatic rings. The molecule has 300 valence electrons. The number of nitrogens with zero attached hydrogens (tertiary/aromatic N) is 8. The van der Waals surface area contributed by atoms with Gasteiger partial charge in [-0.2, -0.15) is 0 Å². The predicted octanol–water partition coefficient (Wildman–Crippen LogP) is 2.98. The fraction of sp³-hybridized carbons (Fsp3) is 0.571. The first-order valence-corrected chi connectivity index (χ1v) is 19.5. The van der Waals surface area contributed by atoms with Gasteiger partial charge in [-0.1, -0.05) is 0 Å². The minimum absolute atomic E-state index is 0.237. The number of rotatable bonds is 18. The Balaban J connectivity index is 0.000000345. The molecule has 0 unspecified atom stereocenters. The molecule has 4 rings (SSSR count). The normalized spacial score (nSPS) is 13.1. The van der Waals surface area contributed by atoms with Gasteiger partial charge in [-0.3, -0.25) is 18.2 Å². The highest BCUT2D eigenvalue weighted by molar-refractivity contribution is 7.53. The maximum atomic E-state index is 13.1. The molecule has 4 heterocycles. The molecule has 6 N–H and O–H groups in total. The Kier molecular flexibility index (Phi) is 16.4. The minimum Gasteiger partial charge on any atom is -0.432 e. The summed E-state index contributed by atoms with van der Waals surface area (Å²) in [6.45, 7) is 9.03. The molecule has 4 aromatic heterocycles. The Bertz CT molecular complexity index is 1890. The monoisotopic (exact) mass is 806 g/mol. The first-order valence-electron chi connectivity index (χ1n) is 16.0. The van der Waals surface area contributed by atoms with Crippen LogP contribution in [0.4, 0.5) is 21.2 Å². The Labute approximate surface area is 308 Å². The van der Waals surface area contributed by atoms with Crippen LogP contribution in [0.3, 0.4) is 0 Å². The lowest BCUT2D eigenvalue weighted by atomic mass is 10.4. The lowest BCUT2D eigenvalue weighted by molar-refractivity contribution is -0.0369. The van der Waals surface area contributed by atoms with E-state index in [0.29, 0.717) is 28.9 Å². The molecule has 2 atom stereocenters. The fourth-order valence-corrected chi connectivity index (χ4v) is 5.58. The molecule has 0 aromatic carbocycles. The van der Waals surface area contributed by atoms with Crippen LogP contribution in [-0.4, -0.2) is 112 Å². The van der Waals surface area contributed by atoms with Crippen molar-refractivity contribution in [3.63, 3.8) is 0 Å². The van der Waals surface area contributed by atoms with E-state index in [0.717, 1.165) is 0 Å². The minimum atomic E-state index is -4.16. The summed E-state index contributed by atoms with van der Waals surface area (Å²) in [6.07, 6.45) is 0.715. The summed E-state index contributed by atoms with van der Waals surface area (Å²) in [6, 6.07) is 0. The molecule has 0 aliphatic heterocycles. The van der Waals surface area contributed by atoms with E-state index in [-0.39, 0.29) is 18.2 Å². The van der Waals surface area contributed by atoms with Gasteiger partial charge >= 0.3 is 27.5 Å². The average Bonchev–Trinajstić information content (AvgIpc) is 3.68. The van der Waals surface area contributed by atoms with E-state index in [2.05, 4.69) is 29.9 Å². The number of hydrogen-bond acceptors (Lipinski definition) is 20. The maximum absolute atomic E-state index is 13.1. The molecule has 0 spiro atoms. The summed E-state index contributed by atoms with van der Waals surface area (Å²) >= 11 is 0. The molecule has 0 bridgehead atoms. The van der Waals surface area contributed by atoms with Gasteiger partial charge in [0.1, 0.15) is 36.4 Å². The van der Waals surface area contributed by atoms with Crippen molar-refractivity contribution in [2.45, 2.75) is 79.0 Å². The van der Waals surface area contributed by atoms with E-state index < -0.39 is 78.2 Å². The van der Waals surface area contributed by atoms with E-state index in [1.807, 2.05) is 0 Å². The van der Waals surface area contributed by atoms with Crippen molar-refractivity contribution in [3.8, 4) is 0 Å². The molecule has 54 heavy (non-hydrogen) atoms. The summed E-state index contributed by atoms with van der Waals surface area (Å²) in [5.74, 6) is 0.521. The van der Waals surface area contributed by atoms with Crippen molar-refractivity contribution >= 4 is 61.5 Å². The lowest BCUT2D eigenvalue weighted by Crippen LogP contribution is -2.20. The maximum Gasteiger partial charge on any atom is 0.510 e. The van der Waals surface area contributed by atoms with E-state index in [1.54, 1.807) is 50.7 Å². The van der Waals surface area contributed by atoms with Crippen LogP contribution >= 0.6 is 15.2 Å². The third-order valence-corrected chi connectivity index (χ3v) is 8.28. The molecule has 4 aromatic rings. The largest absolute Gasteiger partial charge is 0.510 e. The van der Waals surface area contributed by atoms with E-state index in [4.69, 9.17) is 58.7 Å². The molecule has 26 heteroatoms. The summed E-state index contributed by atoms with van der Waals surface area (Å²) < 4.78 is 67.1. The van der Waals surface area contributed by atoms with Crippen LogP contribution in [0.1, 0.15) is 41.5 Å². The van der Waals surface area contributed by atoms with Crippen LogP contribution in [0, 0.1) is 0 Å². The average molecular weight is 807 g/mol. The molecular formula is C28H44N10O14P2. The molecular weight excluding hydrogens is 762 g/mol. The van der Waals surface area contributed by atoms with Crippen molar-refractivity contribution in [1.29, 1.82) is 0 Å². The second-order valence-corrected chi connectivity index (χ2v) is 15.3. The molecule has 0 radical (unpaired) electrons. The quantitative estimate of drug-likeness (QED) is 0.0637. The number of carbonyl (C=O) groups is 2. The summed E-state index contributed by atoms with van der Waals surface area (Å²) in [5.41, 5.74) is 13.4. The number of fused-ring (bicyclic) bond motifs is 2. The Morgan fingerprint density at radius 1 is 0.685 bits per heavy atom. The lowest BCUT2D eigenvalue weighted by Gasteiger charge is -2.21. The van der Waals surface area contributed by atoms with Gasteiger partial charge in [0.05, 0.1) is 50.2 Å². The number of nitrogens with two attached hydrogens (primary N) is 2. The van der Waals surface area contributed by atoms with Crippen molar-refractivity contribution in [2.24, 2.45) is 0 Å². The van der Waals surface area contributed by atoms with Crippen LogP contribution in [0.2, 0.25) is 0 Å². The summed E-state index contributed by atoms with van der Waals surface area (Å²) in [7, 11) is -8.22. The first-order chi connectivity index (χ1) is 25.4. The second-order valence-electron chi connectivity index (χ2n) is 11.8. The van der Waals surface area contributed by atoms with E-state index >= 15 is 0 Å². The molecule has 0 fully saturated rings. The van der Waals surface area contributed by atoms with Crippen molar-refractivity contribution in [1.82, 2.24) is 39.0 Å². The highest BCUT2D eigenvalue weighted by atomic mass is 31.2. The van der Waals surface area contributed by atoms with Gasteiger partial charge in [0, 0.05) is 0 Å². The van der Waals surface area contributed by atoms with E-state index in [9.17, 15) is 18.7 Å². The topological polar surface area (TPSA) is 322 Å². The number of carbonyl (C=O) groups excluding carboxylic acids is 2. The van der Waals surface area contributed by atoms with E-state index in [1.165, 1.54) is 25.3 Å². The van der Waals surface area contributed by atoms with Crippen LogP contribution < -0.4 is 11.5 Å². The van der Waals surface area contributed by atoms with Crippen LogP contribution in [-0.2, 0) is 59.7 Å². The smallest absolute Gasteiger partial charge is 0.432 e. The van der Waals surface area contributed by atoms with Crippen molar-refractivity contribution in [2.75, 3.05) is 37.7 Å². The fourth-order valence-electron chi connectivity index (χ4n) is 4.04. The molecule has 0 saturated carbocycles. The van der Waals surface area contributed by atoms with Crippen LogP contribution in [0.5, 0.6) is 0 Å². The number of anilines is 2. The Hall–Kier alpha value is -4.54. The Morgan fingerprint density at radius 2 is 1.09 bits per heavy atom. The molecule has 0 aliphatic carbocycles. The van der Waals surface area contributed by atoms with Crippen LogP contribution in [0.15, 0.2) is 25.3 Å². The van der Waals surface area contributed by atoms with Crippen molar-refractivity contribution in [3.05, 3.63) is 25.3 Å². The SMILES string of the molecule is CC(C)OC(=O)OCOP(=O)(CO[C@H](C)Cn1cnc2c(N)ncnc21)OCOC(=O)OC(C)C.C[C@H](Cn1cnc2c(N)ncnc21)OCP(=O)(O)O. The summed E-state index contributed by atoms with van der Waals surface area (Å²) in [5, 5.41) is 0. The van der Waals surface area contributed by atoms with Crippen LogP contribution in [0.25, 0.3) is 22.3 Å². The number of ether oxygens (including phenoxy) is 6. The highest BCUT2D eigenvalue weighted by Crippen LogP contribution is 2.48. The van der Waals surface area contributed by atoms with Crippen molar-refractivity contribution < 1.29 is 66.0 Å². The first kappa shape index (κ1) is 43.9. The number of aromatic nitrogens is 8. The van der Waals surface area contributed by atoms with Gasteiger partial charge in [0.2, 0.25) is 13.6 Å². The van der Waals surface area contributed by atoms with Gasteiger partial charge in [0.25, 0.3) is 0 Å². The molecule has 0 amide bonds. The number of imidazole rings is 2. The zero-order chi connectivity index (χ0) is 40.1. The summed E-state index contributed by atoms with van der Waals surface area (Å²) in [4.78, 5) is 64.7. The van der Waals surface area contributed by atoms with Gasteiger partial charge in [0.15, 0.2) is 22.9 Å². The third kappa shape index (κ3) is 14.7. The van der Waals surface area contributed by atoms with Gasteiger partial charge in [-0.05, 0) is 41.5 Å². The zero-order valence-corrected chi connectivity index (χ0v) is 32.1. The van der Waals surface area contributed by atoms with Gasteiger partial charge < -0.3 is 58.8 Å². The van der Waals surface area contributed by atoms with Gasteiger partial charge in [-0.15, -0.1) is 0 Å². The standard InChI is InChI=1S/C19H30N5O10P.C9H14N5O4P/c1-12(2)33-18(25)28-9-31-35(27,32-10-29-19(26)34-13(3)4)11-30-14(5)6-24-8-23-15-16(20)21-7-22-17(15)24;1-6(18-5-19(15,16)17)2-14-4-13-7-8(10)11-3-12-9(7)14/h7-8,12-14H,6,9-11H2,1-5H3,(H2,20,21,22);3-4,6H,2,5H2,1H3,(H2,10,11,12)(H2,15,16,17)/t14-;6-/m11/s1. The van der Waals surface area contributed by atoms with Gasteiger partial charge in [-0.25, -0.2) is 39.5 Å². The second kappa shape index (κ2) is 20.2. The molecule has 24 nitrogen and oxygen atoms in total. The molecule has 0 saturated heterocycles. The Morgan fingerprint density at radius 3 is 1.48 bits per heavy atom.